The van der Waals surface area contributed by atoms with Crippen LogP contribution in [0.5, 0.6) is 5.75 Å². The lowest BCUT2D eigenvalue weighted by atomic mass is 9.97. The number of hydrogen-bond acceptors (Lipinski definition) is 4. The van der Waals surface area contributed by atoms with Crippen molar-refractivity contribution in [3.05, 3.63) is 98.5 Å². The van der Waals surface area contributed by atoms with E-state index in [-0.39, 0.29) is 5.57 Å². The average molecular weight is 526 g/mol. The first-order valence-corrected chi connectivity index (χ1v) is 11.1. The fourth-order valence-electron chi connectivity index (χ4n) is 3.49. The van der Waals surface area contributed by atoms with E-state index in [0.717, 1.165) is 20.5 Å². The number of halogens is 2. The maximum Gasteiger partial charge on any atom is 0.335 e. The van der Waals surface area contributed by atoms with E-state index < -0.39 is 17.8 Å². The number of benzene rings is 3. The molecule has 0 saturated carbocycles. The maximum absolute atomic E-state index is 13.2. The van der Waals surface area contributed by atoms with E-state index in [4.69, 9.17) is 16.3 Å². The standard InChI is InChI=1S/C25H18BrClN2O4/c1-33-20-11-6-15(17(13-20)12-16-4-2-3-5-22(16)27)14-21-23(30)28-25(32)29(24(21)31)19-9-7-18(26)8-10-19/h2-11,13-14H,12H2,1H3,(H,28,30,32)/b21-14+. The van der Waals surface area contributed by atoms with Gasteiger partial charge in [-0.3, -0.25) is 14.9 Å². The van der Waals surface area contributed by atoms with E-state index in [1.807, 2.05) is 24.3 Å². The molecular formula is C25H18BrClN2O4. The number of hydrogen-bond donors (Lipinski definition) is 1. The molecule has 1 aliphatic rings. The molecule has 1 N–H and O–H groups in total. The van der Waals surface area contributed by atoms with Crippen LogP contribution in [0.25, 0.3) is 6.08 Å². The number of ether oxygens (including phenoxy) is 1. The molecule has 166 valence electrons. The third-order valence-electron chi connectivity index (χ3n) is 5.18. The van der Waals surface area contributed by atoms with Gasteiger partial charge in [-0.15, -0.1) is 0 Å². The number of methoxy groups -OCH3 is 1. The zero-order valence-electron chi connectivity index (χ0n) is 17.5. The van der Waals surface area contributed by atoms with Crippen LogP contribution in [0.3, 0.4) is 0 Å². The van der Waals surface area contributed by atoms with Crippen LogP contribution >= 0.6 is 27.5 Å². The number of amides is 4. The molecule has 0 unspecified atom stereocenters. The summed E-state index contributed by atoms with van der Waals surface area (Å²) in [5.41, 5.74) is 2.54. The van der Waals surface area contributed by atoms with Crippen molar-refractivity contribution in [3.8, 4) is 5.75 Å². The number of imide groups is 2. The summed E-state index contributed by atoms with van der Waals surface area (Å²) >= 11 is 9.67. The van der Waals surface area contributed by atoms with Crippen LogP contribution in [0, 0.1) is 0 Å². The summed E-state index contributed by atoms with van der Waals surface area (Å²) in [6, 6.07) is 18.6. The molecule has 4 amide bonds. The predicted molar refractivity (Wildman–Crippen MR) is 130 cm³/mol. The van der Waals surface area contributed by atoms with Gasteiger partial charge in [0.15, 0.2) is 0 Å². The quantitative estimate of drug-likeness (QED) is 0.359. The lowest BCUT2D eigenvalue weighted by molar-refractivity contribution is -0.122. The molecule has 0 aromatic heterocycles. The highest BCUT2D eigenvalue weighted by molar-refractivity contribution is 9.10. The lowest BCUT2D eigenvalue weighted by Gasteiger charge is -2.26. The van der Waals surface area contributed by atoms with Crippen LogP contribution in [-0.2, 0) is 16.0 Å². The van der Waals surface area contributed by atoms with Crippen molar-refractivity contribution in [2.24, 2.45) is 0 Å². The first-order valence-electron chi connectivity index (χ1n) is 9.94. The fraction of sp³-hybridized carbons (Fsp3) is 0.0800. The van der Waals surface area contributed by atoms with Crippen LogP contribution < -0.4 is 15.0 Å². The number of carbonyl (C=O) groups is 3. The van der Waals surface area contributed by atoms with E-state index in [1.165, 1.54) is 6.08 Å². The van der Waals surface area contributed by atoms with Gasteiger partial charge in [0.1, 0.15) is 11.3 Å². The van der Waals surface area contributed by atoms with E-state index >= 15 is 0 Å². The average Bonchev–Trinajstić information content (AvgIpc) is 2.80. The molecule has 3 aromatic carbocycles. The van der Waals surface area contributed by atoms with Gasteiger partial charge in [0.2, 0.25) is 0 Å². The molecule has 4 rings (SSSR count). The molecule has 0 atom stereocenters. The highest BCUT2D eigenvalue weighted by Crippen LogP contribution is 2.28. The van der Waals surface area contributed by atoms with Gasteiger partial charge in [-0.25, -0.2) is 9.69 Å². The van der Waals surface area contributed by atoms with Gasteiger partial charge in [-0.05, 0) is 71.7 Å². The van der Waals surface area contributed by atoms with Gasteiger partial charge in [-0.1, -0.05) is 51.8 Å². The smallest absolute Gasteiger partial charge is 0.335 e. The molecule has 8 heteroatoms. The van der Waals surface area contributed by atoms with Crippen LogP contribution in [-0.4, -0.2) is 25.0 Å². The highest BCUT2D eigenvalue weighted by atomic mass is 79.9. The number of urea groups is 1. The third-order valence-corrected chi connectivity index (χ3v) is 6.07. The second-order valence-electron chi connectivity index (χ2n) is 7.27. The summed E-state index contributed by atoms with van der Waals surface area (Å²) in [4.78, 5) is 39.2. The largest absolute Gasteiger partial charge is 0.497 e. The van der Waals surface area contributed by atoms with Crippen molar-refractivity contribution in [2.45, 2.75) is 6.42 Å². The van der Waals surface area contributed by atoms with Gasteiger partial charge in [0.25, 0.3) is 11.8 Å². The monoisotopic (exact) mass is 524 g/mol. The second-order valence-corrected chi connectivity index (χ2v) is 8.59. The molecule has 1 saturated heterocycles. The van der Waals surface area contributed by atoms with E-state index in [0.29, 0.717) is 28.4 Å². The Labute approximate surface area is 203 Å². The SMILES string of the molecule is COc1ccc(/C=C2\C(=O)NC(=O)N(c3ccc(Br)cc3)C2=O)c(Cc2ccccc2Cl)c1. The maximum atomic E-state index is 13.2. The van der Waals surface area contributed by atoms with Crippen molar-refractivity contribution in [3.63, 3.8) is 0 Å². The van der Waals surface area contributed by atoms with Crippen molar-refractivity contribution < 1.29 is 19.1 Å². The van der Waals surface area contributed by atoms with Crippen molar-refractivity contribution in [1.82, 2.24) is 5.32 Å². The number of nitrogens with one attached hydrogen (secondary N) is 1. The normalized spacial score (nSPS) is 15.1. The molecule has 0 aliphatic carbocycles. The lowest BCUT2D eigenvalue weighted by Crippen LogP contribution is -2.54. The third kappa shape index (κ3) is 4.84. The Morgan fingerprint density at radius 1 is 1.00 bits per heavy atom. The van der Waals surface area contributed by atoms with E-state index in [2.05, 4.69) is 21.2 Å². The number of barbiturate groups is 1. The summed E-state index contributed by atoms with van der Waals surface area (Å²) < 4.78 is 6.15. The zero-order chi connectivity index (χ0) is 23.5. The summed E-state index contributed by atoms with van der Waals surface area (Å²) in [5.74, 6) is -0.825. The Morgan fingerprint density at radius 2 is 1.73 bits per heavy atom. The minimum absolute atomic E-state index is 0.150. The number of anilines is 1. The molecule has 0 radical (unpaired) electrons. The summed E-state index contributed by atoms with van der Waals surface area (Å²) in [6.07, 6.45) is 1.95. The summed E-state index contributed by atoms with van der Waals surface area (Å²) in [7, 11) is 1.56. The Morgan fingerprint density at radius 3 is 2.42 bits per heavy atom. The fourth-order valence-corrected chi connectivity index (χ4v) is 3.95. The van der Waals surface area contributed by atoms with Crippen molar-refractivity contribution >= 4 is 57.1 Å². The zero-order valence-corrected chi connectivity index (χ0v) is 19.8. The Hall–Kier alpha value is -3.42. The topological polar surface area (TPSA) is 75.7 Å². The molecule has 0 spiro atoms. The van der Waals surface area contributed by atoms with Gasteiger partial charge in [-0.2, -0.15) is 0 Å². The molecule has 1 aliphatic heterocycles. The Kier molecular flexibility index (Phi) is 6.62. The van der Waals surface area contributed by atoms with Gasteiger partial charge < -0.3 is 4.74 Å². The van der Waals surface area contributed by atoms with E-state index in [1.54, 1.807) is 49.6 Å². The van der Waals surface area contributed by atoms with Gasteiger partial charge >= 0.3 is 6.03 Å². The first kappa shape index (κ1) is 22.8. The van der Waals surface area contributed by atoms with Crippen LogP contribution in [0.15, 0.2) is 76.8 Å². The Balaban J connectivity index is 1.76. The summed E-state index contributed by atoms with van der Waals surface area (Å²) in [6.45, 7) is 0. The molecular weight excluding hydrogens is 508 g/mol. The Bertz CT molecular complexity index is 1290. The van der Waals surface area contributed by atoms with Gasteiger partial charge in [0.05, 0.1) is 12.8 Å². The molecule has 1 heterocycles. The molecule has 0 bridgehead atoms. The minimum atomic E-state index is -0.796. The predicted octanol–water partition coefficient (Wildman–Crippen LogP) is 5.37. The van der Waals surface area contributed by atoms with Gasteiger partial charge in [0, 0.05) is 9.50 Å². The number of nitrogens with zero attached hydrogens (tertiary/aromatic N) is 1. The van der Waals surface area contributed by atoms with Crippen molar-refractivity contribution in [2.75, 3.05) is 12.0 Å². The molecule has 1 fully saturated rings. The molecule has 3 aromatic rings. The molecule has 33 heavy (non-hydrogen) atoms. The summed E-state index contributed by atoms with van der Waals surface area (Å²) in [5, 5.41) is 2.85. The molecule has 6 nitrogen and oxygen atoms in total. The van der Waals surface area contributed by atoms with Crippen LogP contribution in [0.2, 0.25) is 5.02 Å². The van der Waals surface area contributed by atoms with E-state index in [9.17, 15) is 14.4 Å². The van der Waals surface area contributed by atoms with Crippen LogP contribution in [0.1, 0.15) is 16.7 Å². The number of carbonyl (C=O) groups excluding carboxylic acids is 3. The first-order chi connectivity index (χ1) is 15.9. The highest BCUT2D eigenvalue weighted by Gasteiger charge is 2.36. The number of rotatable bonds is 5. The second kappa shape index (κ2) is 9.60. The minimum Gasteiger partial charge on any atom is -0.497 e. The van der Waals surface area contributed by atoms with Crippen molar-refractivity contribution in [1.29, 1.82) is 0 Å². The van der Waals surface area contributed by atoms with Crippen LogP contribution in [0.4, 0.5) is 10.5 Å².